The van der Waals surface area contributed by atoms with Gasteiger partial charge in [0.15, 0.2) is 0 Å². The molecule has 1 aliphatic carbocycles. The zero-order chi connectivity index (χ0) is 12.6. The number of aryl methyl sites for hydroxylation is 2. The van der Waals surface area contributed by atoms with Gasteiger partial charge in [0, 0.05) is 19.0 Å². The lowest BCUT2D eigenvalue weighted by atomic mass is 9.76. The minimum Gasteiger partial charge on any atom is -0.390 e. The van der Waals surface area contributed by atoms with E-state index in [1.54, 1.807) is 4.68 Å². The Bertz CT molecular complexity index is 408. The number of hydrogen-bond acceptors (Lipinski definition) is 2. The molecule has 1 fully saturated rings. The van der Waals surface area contributed by atoms with Crippen LogP contribution in [0.3, 0.4) is 0 Å². The van der Waals surface area contributed by atoms with E-state index in [9.17, 15) is 5.11 Å². The fourth-order valence-electron chi connectivity index (χ4n) is 2.65. The smallest absolute Gasteiger partial charge is 0.130 e. The number of aromatic nitrogens is 2. The first-order valence-electron chi connectivity index (χ1n) is 6.29. The first kappa shape index (κ1) is 12.9. The largest absolute Gasteiger partial charge is 0.390 e. The van der Waals surface area contributed by atoms with Crippen LogP contribution >= 0.6 is 11.6 Å². The summed E-state index contributed by atoms with van der Waals surface area (Å²) < 4.78 is 1.67. The molecule has 1 atom stereocenters. The molecule has 1 saturated carbocycles. The zero-order valence-corrected chi connectivity index (χ0v) is 11.6. The third kappa shape index (κ3) is 2.83. The number of rotatable bonds is 4. The van der Waals surface area contributed by atoms with Crippen molar-refractivity contribution in [1.82, 2.24) is 9.78 Å². The van der Waals surface area contributed by atoms with E-state index in [4.69, 9.17) is 11.6 Å². The molecule has 1 aromatic rings. The number of aliphatic hydroxyl groups is 1. The summed E-state index contributed by atoms with van der Waals surface area (Å²) in [5.74, 6) is 0.695. The highest BCUT2D eigenvalue weighted by atomic mass is 35.5. The molecule has 1 heterocycles. The lowest BCUT2D eigenvalue weighted by molar-refractivity contribution is 0.0203. The van der Waals surface area contributed by atoms with E-state index in [2.05, 4.69) is 5.10 Å². The summed E-state index contributed by atoms with van der Waals surface area (Å²) >= 11 is 6.19. The highest BCUT2D eigenvalue weighted by Crippen LogP contribution is 2.36. The SMILES string of the molecule is Cc1nn(C)c(Cl)c1CC(C)(O)CC1CCC1. The summed E-state index contributed by atoms with van der Waals surface area (Å²) in [5.41, 5.74) is 1.24. The maximum atomic E-state index is 10.5. The van der Waals surface area contributed by atoms with E-state index in [1.807, 2.05) is 20.9 Å². The second kappa shape index (κ2) is 4.62. The average molecular weight is 257 g/mol. The number of hydrogen-bond donors (Lipinski definition) is 1. The molecule has 2 rings (SSSR count). The van der Waals surface area contributed by atoms with Crippen LogP contribution < -0.4 is 0 Å². The van der Waals surface area contributed by atoms with Crippen molar-refractivity contribution in [3.8, 4) is 0 Å². The number of nitrogens with zero attached hydrogens (tertiary/aromatic N) is 2. The van der Waals surface area contributed by atoms with Crippen LogP contribution in [0.5, 0.6) is 0 Å². The molecule has 0 aliphatic heterocycles. The first-order valence-corrected chi connectivity index (χ1v) is 6.67. The summed E-state index contributed by atoms with van der Waals surface area (Å²) in [6, 6.07) is 0. The molecule has 1 N–H and O–H groups in total. The molecule has 0 aromatic carbocycles. The average Bonchev–Trinajstić information content (AvgIpc) is 2.39. The molecule has 0 radical (unpaired) electrons. The molecule has 0 amide bonds. The molecule has 4 heteroatoms. The molecule has 96 valence electrons. The molecular weight excluding hydrogens is 236 g/mol. The Morgan fingerprint density at radius 2 is 2.18 bits per heavy atom. The molecular formula is C13H21ClN2O. The van der Waals surface area contributed by atoms with Crippen LogP contribution in [0.1, 0.15) is 43.9 Å². The first-order chi connectivity index (χ1) is 7.89. The fraction of sp³-hybridized carbons (Fsp3) is 0.769. The zero-order valence-electron chi connectivity index (χ0n) is 10.8. The van der Waals surface area contributed by atoms with E-state index in [1.165, 1.54) is 19.3 Å². The van der Waals surface area contributed by atoms with Gasteiger partial charge < -0.3 is 5.11 Å². The summed E-state index contributed by atoms with van der Waals surface area (Å²) in [6.07, 6.45) is 5.30. The van der Waals surface area contributed by atoms with Crippen LogP contribution in [0.4, 0.5) is 0 Å². The van der Waals surface area contributed by atoms with Gasteiger partial charge in [0.25, 0.3) is 0 Å². The van der Waals surface area contributed by atoms with Gasteiger partial charge in [-0.3, -0.25) is 4.68 Å². The highest BCUT2D eigenvalue weighted by molar-refractivity contribution is 6.30. The predicted octanol–water partition coefficient (Wildman–Crippen LogP) is 2.87. The van der Waals surface area contributed by atoms with Gasteiger partial charge in [0.2, 0.25) is 0 Å². The van der Waals surface area contributed by atoms with Crippen molar-refractivity contribution in [1.29, 1.82) is 0 Å². The normalized spacial score (nSPS) is 20.1. The quantitative estimate of drug-likeness (QED) is 0.900. The molecule has 0 spiro atoms. The van der Waals surface area contributed by atoms with Crippen molar-refractivity contribution < 1.29 is 5.11 Å². The number of halogens is 1. The van der Waals surface area contributed by atoms with Gasteiger partial charge in [0.05, 0.1) is 11.3 Å². The molecule has 1 aliphatic rings. The van der Waals surface area contributed by atoms with Crippen LogP contribution in [0, 0.1) is 12.8 Å². The lowest BCUT2D eigenvalue weighted by Gasteiger charge is -2.33. The molecule has 0 bridgehead atoms. The molecule has 17 heavy (non-hydrogen) atoms. The van der Waals surface area contributed by atoms with Crippen LogP contribution in [-0.2, 0) is 13.5 Å². The highest BCUT2D eigenvalue weighted by Gasteiger charge is 2.31. The van der Waals surface area contributed by atoms with Crippen molar-refractivity contribution in [2.24, 2.45) is 13.0 Å². The summed E-state index contributed by atoms with van der Waals surface area (Å²) in [6.45, 7) is 3.86. The second-order valence-corrected chi connectivity index (χ2v) is 6.01. The summed E-state index contributed by atoms with van der Waals surface area (Å²) in [7, 11) is 1.83. The predicted molar refractivity (Wildman–Crippen MR) is 69.2 cm³/mol. The van der Waals surface area contributed by atoms with Crippen molar-refractivity contribution in [2.75, 3.05) is 0 Å². The maximum Gasteiger partial charge on any atom is 0.130 e. The van der Waals surface area contributed by atoms with E-state index >= 15 is 0 Å². The van der Waals surface area contributed by atoms with Crippen molar-refractivity contribution in [2.45, 2.75) is 51.6 Å². The van der Waals surface area contributed by atoms with E-state index in [0.717, 1.165) is 17.7 Å². The Morgan fingerprint density at radius 1 is 1.53 bits per heavy atom. The van der Waals surface area contributed by atoms with Gasteiger partial charge in [-0.15, -0.1) is 0 Å². The second-order valence-electron chi connectivity index (χ2n) is 5.65. The fourth-order valence-corrected chi connectivity index (χ4v) is 2.89. The van der Waals surface area contributed by atoms with Crippen LogP contribution in [0.2, 0.25) is 5.15 Å². The Labute approximate surface area is 108 Å². The molecule has 1 aromatic heterocycles. The van der Waals surface area contributed by atoms with Gasteiger partial charge in [-0.25, -0.2) is 0 Å². The van der Waals surface area contributed by atoms with Crippen LogP contribution in [-0.4, -0.2) is 20.5 Å². The summed E-state index contributed by atoms with van der Waals surface area (Å²) in [4.78, 5) is 0. The van der Waals surface area contributed by atoms with Crippen LogP contribution in [0.15, 0.2) is 0 Å². The maximum absolute atomic E-state index is 10.5. The monoisotopic (exact) mass is 256 g/mol. The van der Waals surface area contributed by atoms with Crippen molar-refractivity contribution in [3.63, 3.8) is 0 Å². The topological polar surface area (TPSA) is 38.0 Å². The van der Waals surface area contributed by atoms with Gasteiger partial charge >= 0.3 is 0 Å². The molecule has 3 nitrogen and oxygen atoms in total. The standard InChI is InChI=1S/C13H21ClN2O/c1-9-11(12(14)16(3)15-9)8-13(2,17)7-10-5-4-6-10/h10,17H,4-8H2,1-3H3. The third-order valence-corrected chi connectivity index (χ3v) is 4.25. The lowest BCUT2D eigenvalue weighted by Crippen LogP contribution is -2.32. The third-order valence-electron chi connectivity index (χ3n) is 3.78. The van der Waals surface area contributed by atoms with Gasteiger partial charge in [-0.2, -0.15) is 5.10 Å². The molecule has 1 unspecified atom stereocenters. The van der Waals surface area contributed by atoms with Crippen molar-refractivity contribution in [3.05, 3.63) is 16.4 Å². The van der Waals surface area contributed by atoms with Gasteiger partial charge in [-0.05, 0) is 26.2 Å². The minimum absolute atomic E-state index is 0.599. The van der Waals surface area contributed by atoms with E-state index in [-0.39, 0.29) is 0 Å². The minimum atomic E-state index is -0.664. The Balaban J connectivity index is 2.07. The van der Waals surface area contributed by atoms with E-state index in [0.29, 0.717) is 17.5 Å². The van der Waals surface area contributed by atoms with Crippen LogP contribution in [0.25, 0.3) is 0 Å². The van der Waals surface area contributed by atoms with E-state index < -0.39 is 5.60 Å². The Morgan fingerprint density at radius 3 is 2.59 bits per heavy atom. The Kier molecular flexibility index (Phi) is 3.50. The van der Waals surface area contributed by atoms with Gasteiger partial charge in [0.1, 0.15) is 5.15 Å². The summed E-state index contributed by atoms with van der Waals surface area (Å²) in [5, 5.41) is 15.4. The molecule has 0 saturated heterocycles. The Hall–Kier alpha value is -0.540. The van der Waals surface area contributed by atoms with Crippen molar-refractivity contribution >= 4 is 11.6 Å². The van der Waals surface area contributed by atoms with Gasteiger partial charge in [-0.1, -0.05) is 30.9 Å².